The van der Waals surface area contributed by atoms with Gasteiger partial charge in [0, 0.05) is 24.7 Å². The molecule has 0 aliphatic rings. The number of ether oxygens (including phenoxy) is 1. The molecule has 0 spiro atoms. The van der Waals surface area contributed by atoms with E-state index in [1.807, 2.05) is 6.07 Å². The SMILES string of the molecule is COc1ccc2oc(C)c(C(=O)NCCCn3nc4ccccn4c3=O)c2c1. The second-order valence-electron chi connectivity index (χ2n) is 6.44. The van der Waals surface area contributed by atoms with Crippen LogP contribution in [0.15, 0.2) is 51.8 Å². The fourth-order valence-electron chi connectivity index (χ4n) is 3.24. The number of furan rings is 1. The van der Waals surface area contributed by atoms with E-state index in [4.69, 9.17) is 9.15 Å². The second-order valence-corrected chi connectivity index (χ2v) is 6.44. The number of rotatable bonds is 6. The number of hydrogen-bond donors (Lipinski definition) is 1. The first-order chi connectivity index (χ1) is 13.6. The van der Waals surface area contributed by atoms with Crippen molar-refractivity contribution < 1.29 is 13.9 Å². The lowest BCUT2D eigenvalue weighted by Gasteiger charge is -2.05. The van der Waals surface area contributed by atoms with E-state index >= 15 is 0 Å². The van der Waals surface area contributed by atoms with Crippen LogP contribution in [0.3, 0.4) is 0 Å². The summed E-state index contributed by atoms with van der Waals surface area (Å²) in [5.41, 5.74) is 1.55. The van der Waals surface area contributed by atoms with Crippen LogP contribution in [0.1, 0.15) is 22.5 Å². The zero-order valence-corrected chi connectivity index (χ0v) is 15.6. The lowest BCUT2D eigenvalue weighted by Crippen LogP contribution is -2.27. The van der Waals surface area contributed by atoms with E-state index in [2.05, 4.69) is 10.4 Å². The van der Waals surface area contributed by atoms with Gasteiger partial charge in [0.2, 0.25) is 0 Å². The van der Waals surface area contributed by atoms with Crippen LogP contribution in [0.2, 0.25) is 0 Å². The Labute approximate surface area is 160 Å². The number of fused-ring (bicyclic) bond motifs is 2. The molecule has 4 aromatic rings. The Hall–Kier alpha value is -3.55. The largest absolute Gasteiger partial charge is 0.497 e. The number of nitrogens with zero attached hydrogens (tertiary/aromatic N) is 3. The number of aromatic nitrogens is 3. The average molecular weight is 380 g/mol. The van der Waals surface area contributed by atoms with Crippen LogP contribution in [0.25, 0.3) is 16.6 Å². The molecule has 1 amide bonds. The highest BCUT2D eigenvalue weighted by atomic mass is 16.5. The third-order valence-electron chi connectivity index (χ3n) is 4.62. The first kappa shape index (κ1) is 17.8. The normalized spacial score (nSPS) is 11.2. The lowest BCUT2D eigenvalue weighted by atomic mass is 10.1. The van der Waals surface area contributed by atoms with Gasteiger partial charge in [-0.05, 0) is 43.7 Å². The standard InChI is InChI=1S/C20H20N4O4/c1-13-18(15-12-14(27-2)7-8-16(15)28-13)19(25)21-9-5-11-24-20(26)23-10-4-3-6-17(23)22-24/h3-4,6-8,10,12H,5,9,11H2,1-2H3,(H,21,25). The predicted octanol–water partition coefficient (Wildman–Crippen LogP) is 2.38. The van der Waals surface area contributed by atoms with Crippen molar-refractivity contribution in [2.24, 2.45) is 0 Å². The van der Waals surface area contributed by atoms with E-state index in [0.717, 1.165) is 0 Å². The maximum atomic E-state index is 12.7. The molecular formula is C20H20N4O4. The Bertz CT molecular complexity index is 1220. The molecule has 0 aliphatic carbocycles. The van der Waals surface area contributed by atoms with E-state index in [1.54, 1.807) is 50.6 Å². The molecule has 0 saturated carbocycles. The monoisotopic (exact) mass is 380 g/mol. The molecule has 1 aromatic carbocycles. The molecule has 28 heavy (non-hydrogen) atoms. The summed E-state index contributed by atoms with van der Waals surface area (Å²) in [5, 5.41) is 7.88. The van der Waals surface area contributed by atoms with E-state index in [1.165, 1.54) is 9.08 Å². The number of benzene rings is 1. The van der Waals surface area contributed by atoms with Crippen molar-refractivity contribution in [2.75, 3.05) is 13.7 Å². The van der Waals surface area contributed by atoms with Gasteiger partial charge in [-0.2, -0.15) is 0 Å². The van der Waals surface area contributed by atoms with E-state index in [0.29, 0.717) is 53.2 Å². The van der Waals surface area contributed by atoms with Crippen LogP contribution >= 0.6 is 0 Å². The number of aryl methyl sites for hydroxylation is 2. The number of pyridine rings is 1. The highest BCUT2D eigenvalue weighted by Crippen LogP contribution is 2.28. The van der Waals surface area contributed by atoms with Crippen molar-refractivity contribution in [3.05, 3.63) is 64.4 Å². The fourth-order valence-corrected chi connectivity index (χ4v) is 3.24. The molecular weight excluding hydrogens is 360 g/mol. The van der Waals surface area contributed by atoms with Crippen LogP contribution < -0.4 is 15.7 Å². The summed E-state index contributed by atoms with van der Waals surface area (Å²) in [6.07, 6.45) is 2.26. The van der Waals surface area contributed by atoms with Crippen molar-refractivity contribution in [2.45, 2.75) is 19.9 Å². The molecule has 8 nitrogen and oxygen atoms in total. The van der Waals surface area contributed by atoms with Crippen LogP contribution in [0.5, 0.6) is 5.75 Å². The van der Waals surface area contributed by atoms with Gasteiger partial charge in [0.25, 0.3) is 5.91 Å². The molecule has 0 radical (unpaired) electrons. The number of carbonyl (C=O) groups excluding carboxylic acids is 1. The van der Waals surface area contributed by atoms with Crippen molar-refractivity contribution in [1.82, 2.24) is 19.5 Å². The Kier molecular flexibility index (Phi) is 4.60. The lowest BCUT2D eigenvalue weighted by molar-refractivity contribution is 0.0952. The van der Waals surface area contributed by atoms with Gasteiger partial charge in [0.1, 0.15) is 17.1 Å². The summed E-state index contributed by atoms with van der Waals surface area (Å²) < 4.78 is 13.8. The minimum atomic E-state index is -0.216. The topological polar surface area (TPSA) is 90.8 Å². The minimum Gasteiger partial charge on any atom is -0.497 e. The van der Waals surface area contributed by atoms with Gasteiger partial charge in [-0.3, -0.25) is 9.20 Å². The molecule has 1 N–H and O–H groups in total. The Morgan fingerprint density at radius 2 is 2.14 bits per heavy atom. The molecule has 0 saturated heterocycles. The Morgan fingerprint density at radius 1 is 1.29 bits per heavy atom. The van der Waals surface area contributed by atoms with E-state index < -0.39 is 0 Å². The molecule has 3 aromatic heterocycles. The van der Waals surface area contributed by atoms with Crippen LogP contribution in [-0.2, 0) is 6.54 Å². The predicted molar refractivity (Wildman–Crippen MR) is 104 cm³/mol. The molecule has 0 aliphatic heterocycles. The number of methoxy groups -OCH3 is 1. The summed E-state index contributed by atoms with van der Waals surface area (Å²) in [7, 11) is 1.58. The number of nitrogens with one attached hydrogen (secondary N) is 1. The summed E-state index contributed by atoms with van der Waals surface area (Å²) in [4.78, 5) is 24.9. The third kappa shape index (κ3) is 3.13. The molecule has 4 rings (SSSR count). The summed E-state index contributed by atoms with van der Waals surface area (Å²) in [6, 6.07) is 10.8. The van der Waals surface area contributed by atoms with Crippen molar-refractivity contribution in [3.8, 4) is 5.75 Å². The number of amides is 1. The number of carbonyl (C=O) groups is 1. The third-order valence-corrected chi connectivity index (χ3v) is 4.62. The summed E-state index contributed by atoms with van der Waals surface area (Å²) >= 11 is 0. The maximum Gasteiger partial charge on any atom is 0.350 e. The maximum absolute atomic E-state index is 12.7. The first-order valence-electron chi connectivity index (χ1n) is 8.98. The molecule has 3 heterocycles. The van der Waals surface area contributed by atoms with Gasteiger partial charge in [0.15, 0.2) is 5.65 Å². The zero-order chi connectivity index (χ0) is 19.7. The molecule has 0 atom stereocenters. The quantitative estimate of drug-likeness (QED) is 0.519. The van der Waals surface area contributed by atoms with Crippen molar-refractivity contribution in [3.63, 3.8) is 0 Å². The number of hydrogen-bond acceptors (Lipinski definition) is 5. The molecule has 0 unspecified atom stereocenters. The highest BCUT2D eigenvalue weighted by molar-refractivity contribution is 6.07. The van der Waals surface area contributed by atoms with Gasteiger partial charge in [-0.1, -0.05) is 6.07 Å². The Morgan fingerprint density at radius 3 is 2.93 bits per heavy atom. The van der Waals surface area contributed by atoms with Crippen molar-refractivity contribution >= 4 is 22.5 Å². The van der Waals surface area contributed by atoms with Gasteiger partial charge >= 0.3 is 5.69 Å². The molecule has 0 fully saturated rings. The van der Waals surface area contributed by atoms with Gasteiger partial charge in [0.05, 0.1) is 12.7 Å². The van der Waals surface area contributed by atoms with Crippen LogP contribution in [-0.4, -0.2) is 33.7 Å². The zero-order valence-electron chi connectivity index (χ0n) is 15.6. The van der Waals surface area contributed by atoms with Gasteiger partial charge in [-0.25, -0.2) is 9.48 Å². The summed E-state index contributed by atoms with van der Waals surface area (Å²) in [6.45, 7) is 2.59. The van der Waals surface area contributed by atoms with Crippen molar-refractivity contribution in [1.29, 1.82) is 0 Å². The smallest absolute Gasteiger partial charge is 0.350 e. The highest BCUT2D eigenvalue weighted by Gasteiger charge is 2.18. The second kappa shape index (κ2) is 7.22. The van der Waals surface area contributed by atoms with E-state index in [9.17, 15) is 9.59 Å². The molecule has 144 valence electrons. The van der Waals surface area contributed by atoms with Gasteiger partial charge in [-0.15, -0.1) is 5.10 Å². The minimum absolute atomic E-state index is 0.189. The summed E-state index contributed by atoms with van der Waals surface area (Å²) in [5.74, 6) is 0.998. The van der Waals surface area contributed by atoms with E-state index in [-0.39, 0.29) is 11.6 Å². The van der Waals surface area contributed by atoms with Gasteiger partial charge < -0.3 is 14.5 Å². The molecule has 0 bridgehead atoms. The van der Waals surface area contributed by atoms with Crippen LogP contribution in [0, 0.1) is 6.92 Å². The average Bonchev–Trinajstić information content (AvgIpc) is 3.20. The Balaban J connectivity index is 1.43. The first-order valence-corrected chi connectivity index (χ1v) is 8.98. The van der Waals surface area contributed by atoms with Crippen LogP contribution in [0.4, 0.5) is 0 Å². The fraction of sp³-hybridized carbons (Fsp3) is 0.250. The molecule has 8 heteroatoms.